The Labute approximate surface area is 167 Å². The Hall–Kier alpha value is -2.56. The number of halogens is 2. The van der Waals surface area contributed by atoms with Gasteiger partial charge in [-0.1, -0.05) is 41.4 Å². The van der Waals surface area contributed by atoms with Crippen LogP contribution < -0.4 is 0 Å². The predicted molar refractivity (Wildman–Crippen MR) is 106 cm³/mol. The molecule has 1 aromatic heterocycles. The van der Waals surface area contributed by atoms with E-state index in [9.17, 15) is 14.7 Å². The van der Waals surface area contributed by atoms with Crippen molar-refractivity contribution in [3.63, 3.8) is 0 Å². The third kappa shape index (κ3) is 3.64. The molecule has 0 fully saturated rings. The normalized spacial score (nSPS) is 10.8. The molecular formula is C21H17Cl2NO3. The van der Waals surface area contributed by atoms with Gasteiger partial charge in [-0.3, -0.25) is 4.79 Å². The summed E-state index contributed by atoms with van der Waals surface area (Å²) in [6.07, 6.45) is 0. The average Bonchev–Trinajstić information content (AvgIpc) is 2.87. The number of carboxylic acid groups (broad SMARTS) is 1. The van der Waals surface area contributed by atoms with E-state index in [-0.39, 0.29) is 11.3 Å². The molecule has 3 aromatic rings. The summed E-state index contributed by atoms with van der Waals surface area (Å²) >= 11 is 12.2. The summed E-state index contributed by atoms with van der Waals surface area (Å²) in [5, 5.41) is 10.7. The third-order valence-corrected chi connectivity index (χ3v) is 5.21. The highest BCUT2D eigenvalue weighted by atomic mass is 35.5. The number of aromatic carboxylic acids is 1. The summed E-state index contributed by atoms with van der Waals surface area (Å²) in [7, 11) is 0. The summed E-state index contributed by atoms with van der Waals surface area (Å²) in [5.41, 5.74) is 2.67. The van der Waals surface area contributed by atoms with Crippen LogP contribution in [0.3, 0.4) is 0 Å². The highest BCUT2D eigenvalue weighted by Crippen LogP contribution is 2.28. The minimum atomic E-state index is -1.06. The Morgan fingerprint density at radius 2 is 1.63 bits per heavy atom. The number of carbonyl (C=O) groups is 2. The first-order valence-corrected chi connectivity index (χ1v) is 9.03. The van der Waals surface area contributed by atoms with Crippen molar-refractivity contribution in [2.75, 3.05) is 0 Å². The van der Waals surface area contributed by atoms with E-state index in [2.05, 4.69) is 0 Å². The number of carbonyl (C=O) groups excluding carboxylic acids is 1. The van der Waals surface area contributed by atoms with Crippen molar-refractivity contribution in [2.24, 2.45) is 0 Å². The number of aromatic nitrogens is 1. The van der Waals surface area contributed by atoms with Crippen LogP contribution in [0, 0.1) is 13.8 Å². The maximum absolute atomic E-state index is 13.2. The Bertz CT molecular complexity index is 1040. The van der Waals surface area contributed by atoms with Gasteiger partial charge >= 0.3 is 5.97 Å². The van der Waals surface area contributed by atoms with Gasteiger partial charge in [0.1, 0.15) is 0 Å². The molecule has 0 spiro atoms. The highest BCUT2D eigenvalue weighted by Gasteiger charge is 2.27. The molecule has 1 heterocycles. The van der Waals surface area contributed by atoms with E-state index in [0.717, 1.165) is 5.56 Å². The number of carboxylic acids is 1. The molecule has 0 bridgehead atoms. The van der Waals surface area contributed by atoms with Gasteiger partial charge in [-0.05, 0) is 55.3 Å². The van der Waals surface area contributed by atoms with E-state index in [1.165, 1.54) is 0 Å². The lowest BCUT2D eigenvalue weighted by Gasteiger charge is -2.13. The van der Waals surface area contributed by atoms with Gasteiger partial charge in [-0.25, -0.2) is 4.79 Å². The molecule has 138 valence electrons. The fourth-order valence-corrected chi connectivity index (χ4v) is 3.56. The molecule has 0 aliphatic rings. The zero-order chi connectivity index (χ0) is 19.7. The Morgan fingerprint density at radius 1 is 1.00 bits per heavy atom. The standard InChI is InChI=1S/C21H17Cl2NO3/c1-12-18(21(26)27)13(2)24(11-15-5-3-4-6-17(15)23)19(12)20(25)14-7-9-16(22)10-8-14/h3-10H,11H2,1-2H3,(H,26,27). The lowest BCUT2D eigenvalue weighted by molar-refractivity contribution is 0.0695. The lowest BCUT2D eigenvalue weighted by atomic mass is 10.0. The van der Waals surface area contributed by atoms with E-state index in [1.54, 1.807) is 48.7 Å². The number of ketones is 1. The van der Waals surface area contributed by atoms with Crippen molar-refractivity contribution in [1.29, 1.82) is 0 Å². The van der Waals surface area contributed by atoms with Crippen LogP contribution in [-0.2, 0) is 6.54 Å². The van der Waals surface area contributed by atoms with Gasteiger partial charge in [0.05, 0.1) is 11.3 Å². The van der Waals surface area contributed by atoms with E-state index >= 15 is 0 Å². The molecule has 0 saturated heterocycles. The average molecular weight is 402 g/mol. The number of hydrogen-bond donors (Lipinski definition) is 1. The maximum Gasteiger partial charge on any atom is 0.337 e. The van der Waals surface area contributed by atoms with Crippen LogP contribution in [0.5, 0.6) is 0 Å². The van der Waals surface area contributed by atoms with Gasteiger partial charge < -0.3 is 9.67 Å². The van der Waals surface area contributed by atoms with Crippen molar-refractivity contribution >= 4 is 35.0 Å². The van der Waals surface area contributed by atoms with E-state index in [1.807, 2.05) is 18.2 Å². The topological polar surface area (TPSA) is 59.3 Å². The summed E-state index contributed by atoms with van der Waals surface area (Å²) in [5.74, 6) is -1.32. The van der Waals surface area contributed by atoms with Gasteiger partial charge in [0, 0.05) is 27.8 Å². The van der Waals surface area contributed by atoms with Crippen LogP contribution >= 0.6 is 23.2 Å². The van der Waals surface area contributed by atoms with Crippen LogP contribution in [0.2, 0.25) is 10.0 Å². The first kappa shape index (κ1) is 19.2. The number of hydrogen-bond acceptors (Lipinski definition) is 2. The van der Waals surface area contributed by atoms with Crippen molar-refractivity contribution < 1.29 is 14.7 Å². The fraction of sp³-hybridized carbons (Fsp3) is 0.143. The molecule has 0 unspecified atom stereocenters. The van der Waals surface area contributed by atoms with Crippen LogP contribution in [-0.4, -0.2) is 21.4 Å². The van der Waals surface area contributed by atoms with E-state index in [0.29, 0.717) is 39.1 Å². The highest BCUT2D eigenvalue weighted by molar-refractivity contribution is 6.31. The van der Waals surface area contributed by atoms with Gasteiger partial charge in [-0.2, -0.15) is 0 Å². The van der Waals surface area contributed by atoms with Crippen molar-refractivity contribution in [2.45, 2.75) is 20.4 Å². The monoisotopic (exact) mass is 401 g/mol. The molecule has 1 N–H and O–H groups in total. The first-order chi connectivity index (χ1) is 12.8. The molecule has 2 aromatic carbocycles. The van der Waals surface area contributed by atoms with Crippen LogP contribution in [0.25, 0.3) is 0 Å². The molecule has 0 saturated carbocycles. The summed E-state index contributed by atoms with van der Waals surface area (Å²) in [6.45, 7) is 3.66. The smallest absolute Gasteiger partial charge is 0.337 e. The predicted octanol–water partition coefficient (Wildman–Crippen LogP) is 5.39. The Morgan fingerprint density at radius 3 is 2.22 bits per heavy atom. The fourth-order valence-electron chi connectivity index (χ4n) is 3.24. The minimum absolute atomic E-state index is 0.138. The summed E-state index contributed by atoms with van der Waals surface area (Å²) in [6, 6.07) is 13.8. The number of rotatable bonds is 5. The number of nitrogens with zero attached hydrogens (tertiary/aromatic N) is 1. The molecule has 0 aliphatic heterocycles. The van der Waals surface area contributed by atoms with Crippen LogP contribution in [0.15, 0.2) is 48.5 Å². The van der Waals surface area contributed by atoms with Gasteiger partial charge in [0.15, 0.2) is 0 Å². The minimum Gasteiger partial charge on any atom is -0.478 e. The molecule has 0 radical (unpaired) electrons. The maximum atomic E-state index is 13.2. The Balaban J connectivity index is 2.18. The second-order valence-corrected chi connectivity index (χ2v) is 7.10. The summed E-state index contributed by atoms with van der Waals surface area (Å²) in [4.78, 5) is 24.9. The molecule has 0 aliphatic carbocycles. The van der Waals surface area contributed by atoms with Crippen LogP contribution in [0.1, 0.15) is 43.2 Å². The molecule has 0 amide bonds. The second-order valence-electron chi connectivity index (χ2n) is 6.25. The van der Waals surface area contributed by atoms with Gasteiger partial charge in [0.2, 0.25) is 5.78 Å². The second kappa shape index (κ2) is 7.59. The molecule has 0 atom stereocenters. The number of benzene rings is 2. The largest absolute Gasteiger partial charge is 0.478 e. The van der Waals surface area contributed by atoms with Crippen molar-refractivity contribution in [3.05, 3.63) is 92.2 Å². The third-order valence-electron chi connectivity index (χ3n) is 4.59. The van der Waals surface area contributed by atoms with Gasteiger partial charge in [-0.15, -0.1) is 0 Å². The molecule has 6 heteroatoms. The SMILES string of the molecule is Cc1c(C(=O)O)c(C)n(Cc2ccccc2Cl)c1C(=O)c1ccc(Cl)cc1. The molecule has 4 nitrogen and oxygen atoms in total. The molecule has 3 rings (SSSR count). The zero-order valence-corrected chi connectivity index (χ0v) is 16.3. The zero-order valence-electron chi connectivity index (χ0n) is 14.8. The summed E-state index contributed by atoms with van der Waals surface area (Å²) < 4.78 is 1.72. The van der Waals surface area contributed by atoms with Crippen molar-refractivity contribution in [1.82, 2.24) is 4.57 Å². The lowest BCUT2D eigenvalue weighted by Crippen LogP contribution is -2.13. The Kier molecular flexibility index (Phi) is 5.40. The van der Waals surface area contributed by atoms with E-state index < -0.39 is 5.97 Å². The van der Waals surface area contributed by atoms with E-state index in [4.69, 9.17) is 23.2 Å². The van der Waals surface area contributed by atoms with Gasteiger partial charge in [0.25, 0.3) is 0 Å². The quantitative estimate of drug-likeness (QED) is 0.583. The first-order valence-electron chi connectivity index (χ1n) is 8.28. The molecular weight excluding hydrogens is 385 g/mol. The van der Waals surface area contributed by atoms with Crippen LogP contribution in [0.4, 0.5) is 0 Å². The van der Waals surface area contributed by atoms with Crippen molar-refractivity contribution in [3.8, 4) is 0 Å². The molecule has 27 heavy (non-hydrogen) atoms.